The molecule has 10 heteroatoms. The van der Waals surface area contributed by atoms with E-state index in [-0.39, 0.29) is 12.7 Å². The van der Waals surface area contributed by atoms with Gasteiger partial charge < -0.3 is 23.6 Å². The molecule has 1 unspecified atom stereocenters. The number of nitrogens with zero attached hydrogens (tertiary/aromatic N) is 1. The third-order valence-electron chi connectivity index (χ3n) is 8.25. The van der Waals surface area contributed by atoms with Crippen molar-refractivity contribution in [1.29, 1.82) is 0 Å². The summed E-state index contributed by atoms with van der Waals surface area (Å²) in [6, 6.07) is 5.24. The van der Waals surface area contributed by atoms with Gasteiger partial charge in [0.1, 0.15) is 5.60 Å². The molecule has 0 aromatic heterocycles. The summed E-state index contributed by atoms with van der Waals surface area (Å²) in [5.74, 6) is 0. The number of hydrogen-bond donors (Lipinski definition) is 1. The largest absolute Gasteiger partial charge is 0.455 e. The lowest BCUT2D eigenvalue weighted by atomic mass is 9.88. The molecule has 0 aliphatic carbocycles. The normalized spacial score (nSPS) is 18.9. The van der Waals surface area contributed by atoms with Crippen LogP contribution in [0.4, 0.5) is 4.79 Å². The molecule has 1 saturated heterocycles. The van der Waals surface area contributed by atoms with Gasteiger partial charge in [-0.05, 0) is 60.4 Å². The molecule has 0 bridgehead atoms. The van der Waals surface area contributed by atoms with Crippen molar-refractivity contribution >= 4 is 45.9 Å². The van der Waals surface area contributed by atoms with Gasteiger partial charge in [-0.25, -0.2) is 4.79 Å². The second kappa shape index (κ2) is 14.5. The Morgan fingerprint density at radius 2 is 1.62 bits per heavy atom. The Kier molecular flexibility index (Phi) is 13.6. The number of hydrogen-bond acceptors (Lipinski definition) is 5. The Morgan fingerprint density at radius 3 is 2.08 bits per heavy atom. The molecule has 1 amide bonds. The van der Waals surface area contributed by atoms with Gasteiger partial charge in [0.2, 0.25) is 0 Å². The van der Waals surface area contributed by atoms with Crippen molar-refractivity contribution in [3.05, 3.63) is 33.8 Å². The van der Waals surface area contributed by atoms with Crippen molar-refractivity contribution < 1.29 is 23.5 Å². The number of morpholine rings is 1. The number of ether oxygens (including phenoxy) is 2. The van der Waals surface area contributed by atoms with Gasteiger partial charge in [-0.1, -0.05) is 84.2 Å². The summed E-state index contributed by atoms with van der Waals surface area (Å²) in [5, 5.41) is 11.0. The Balaban J connectivity index is 0.000000439. The number of carbonyl (C=O) groups is 1. The molecule has 2 rings (SSSR count). The first kappa shape index (κ1) is 36.4. The van der Waals surface area contributed by atoms with E-state index in [4.69, 9.17) is 36.8 Å². The monoisotopic (exact) mass is 621 g/mol. The molecule has 0 radical (unpaired) electrons. The van der Waals surface area contributed by atoms with E-state index in [1.165, 1.54) is 0 Å². The highest BCUT2D eigenvalue weighted by Gasteiger charge is 2.46. The second-order valence-corrected chi connectivity index (χ2v) is 24.1. The average Bonchev–Trinajstić information content (AvgIpc) is 2.79. The van der Waals surface area contributed by atoms with Crippen molar-refractivity contribution in [3.8, 4) is 0 Å². The topological polar surface area (TPSA) is 68.2 Å². The van der Waals surface area contributed by atoms with Crippen LogP contribution >= 0.6 is 23.2 Å². The lowest BCUT2D eigenvalue weighted by Gasteiger charge is -2.47. The fraction of sp³-hybridized carbons (Fsp3) is 0.759. The zero-order valence-electron chi connectivity index (χ0n) is 26.2. The van der Waals surface area contributed by atoms with Crippen molar-refractivity contribution in [2.24, 2.45) is 0 Å². The maximum Gasteiger partial charge on any atom is 0.409 e. The van der Waals surface area contributed by atoms with Crippen LogP contribution in [-0.4, -0.2) is 65.6 Å². The fourth-order valence-corrected chi connectivity index (χ4v) is 11.6. The molecule has 6 nitrogen and oxygen atoms in total. The van der Waals surface area contributed by atoms with Crippen LogP contribution in [0.1, 0.15) is 73.3 Å². The van der Waals surface area contributed by atoms with Crippen LogP contribution in [0.2, 0.25) is 46.3 Å². The molecule has 1 aromatic carbocycles. The molecule has 1 N–H and O–H groups in total. The standard InChI is InChI=1S/C17H23Cl2NO4.C12H30OSi2/c1-2-3-9-23-16(22)20-7-10-24-17(12-20,6-8-21)13-4-5-14(18)15(19)11-13;1-11(2,3)14(7,8)13-15(9,10)12(4,5)6/h4-5,11,21H,2-3,6-10,12H2,1H3;1-10H3. The summed E-state index contributed by atoms with van der Waals surface area (Å²) in [4.78, 5) is 13.9. The van der Waals surface area contributed by atoms with Gasteiger partial charge in [0, 0.05) is 19.6 Å². The number of amides is 1. The minimum Gasteiger partial charge on any atom is -0.455 e. The van der Waals surface area contributed by atoms with Gasteiger partial charge in [-0.3, -0.25) is 0 Å². The number of halogens is 2. The summed E-state index contributed by atoms with van der Waals surface area (Å²) in [5.41, 5.74) is -0.0256. The van der Waals surface area contributed by atoms with Gasteiger partial charge in [0.25, 0.3) is 0 Å². The van der Waals surface area contributed by atoms with E-state index in [1.807, 2.05) is 13.0 Å². The Hall–Kier alpha value is -0.616. The number of aliphatic hydroxyl groups is 1. The number of benzene rings is 1. The second-order valence-electron chi connectivity index (χ2n) is 13.5. The van der Waals surface area contributed by atoms with E-state index in [2.05, 4.69) is 67.7 Å². The average molecular weight is 623 g/mol. The van der Waals surface area contributed by atoms with Crippen LogP contribution in [0.15, 0.2) is 18.2 Å². The lowest BCUT2D eigenvalue weighted by molar-refractivity contribution is -0.119. The highest BCUT2D eigenvalue weighted by Crippen LogP contribution is 2.44. The quantitative estimate of drug-likeness (QED) is 0.232. The molecule has 226 valence electrons. The van der Waals surface area contributed by atoms with E-state index in [0.29, 0.717) is 52.8 Å². The van der Waals surface area contributed by atoms with Crippen molar-refractivity contribution in [2.45, 2.75) is 110 Å². The SMILES string of the molecule is CC(C)(C)[Si](C)(C)O[Si](C)(C)C(C)(C)C.CCCCOC(=O)N1CCOC(CCO)(c2ccc(Cl)c(Cl)c2)C1. The third kappa shape index (κ3) is 10.3. The number of unbranched alkanes of at least 4 members (excludes halogenated alkanes) is 1. The molecule has 0 spiro atoms. The number of aliphatic hydroxyl groups excluding tert-OH is 1. The van der Waals surface area contributed by atoms with Gasteiger partial charge in [-0.2, -0.15) is 0 Å². The summed E-state index contributed by atoms with van der Waals surface area (Å²) >= 11 is 12.1. The highest BCUT2D eigenvalue weighted by molar-refractivity contribution is 6.87. The molecule has 1 fully saturated rings. The van der Waals surface area contributed by atoms with Crippen LogP contribution in [0.25, 0.3) is 0 Å². The molecular weight excluding hydrogens is 569 g/mol. The first-order valence-electron chi connectivity index (χ1n) is 14.1. The van der Waals surface area contributed by atoms with Crippen molar-refractivity contribution in [3.63, 3.8) is 0 Å². The molecule has 1 aliphatic rings. The van der Waals surface area contributed by atoms with E-state index in [1.54, 1.807) is 17.0 Å². The van der Waals surface area contributed by atoms with Crippen LogP contribution in [0, 0.1) is 0 Å². The zero-order valence-corrected chi connectivity index (χ0v) is 29.7. The maximum absolute atomic E-state index is 12.3. The third-order valence-corrected chi connectivity index (χ3v) is 20.3. The minimum atomic E-state index is -1.59. The Bertz CT molecular complexity index is 903. The minimum absolute atomic E-state index is 0.0705. The molecular formula is C29H53Cl2NO5Si2. The summed E-state index contributed by atoms with van der Waals surface area (Å²) in [6.07, 6.45) is 1.80. The van der Waals surface area contributed by atoms with Crippen molar-refractivity contribution in [1.82, 2.24) is 4.90 Å². The van der Waals surface area contributed by atoms with E-state index in [0.717, 1.165) is 18.4 Å². The van der Waals surface area contributed by atoms with E-state index in [9.17, 15) is 9.90 Å². The lowest BCUT2D eigenvalue weighted by Crippen LogP contribution is -2.53. The first-order valence-corrected chi connectivity index (χ1v) is 20.6. The van der Waals surface area contributed by atoms with Crippen molar-refractivity contribution in [2.75, 3.05) is 32.9 Å². The van der Waals surface area contributed by atoms with Crippen LogP contribution in [0.5, 0.6) is 0 Å². The van der Waals surface area contributed by atoms with Gasteiger partial charge in [0.15, 0.2) is 16.6 Å². The Labute approximate surface area is 249 Å². The summed E-state index contributed by atoms with van der Waals surface area (Å²) in [6.45, 7) is 26.8. The van der Waals surface area contributed by atoms with Gasteiger partial charge in [0.05, 0.1) is 29.8 Å². The van der Waals surface area contributed by atoms with Crippen LogP contribution in [-0.2, 0) is 19.2 Å². The number of carbonyl (C=O) groups excluding carboxylic acids is 1. The molecule has 1 aliphatic heterocycles. The fourth-order valence-electron chi connectivity index (χ4n) is 3.71. The van der Waals surface area contributed by atoms with E-state index < -0.39 is 22.2 Å². The van der Waals surface area contributed by atoms with Gasteiger partial charge >= 0.3 is 6.09 Å². The molecule has 1 atom stereocenters. The smallest absolute Gasteiger partial charge is 0.409 e. The molecule has 1 heterocycles. The predicted molar refractivity (Wildman–Crippen MR) is 169 cm³/mol. The molecule has 1 aromatic rings. The zero-order chi connectivity index (χ0) is 30.3. The number of rotatable bonds is 8. The molecule has 39 heavy (non-hydrogen) atoms. The predicted octanol–water partition coefficient (Wildman–Crippen LogP) is 8.85. The maximum atomic E-state index is 12.3. The Morgan fingerprint density at radius 1 is 1.05 bits per heavy atom. The van der Waals surface area contributed by atoms with E-state index >= 15 is 0 Å². The molecule has 0 saturated carbocycles. The van der Waals surface area contributed by atoms with Crippen LogP contribution < -0.4 is 0 Å². The highest BCUT2D eigenvalue weighted by atomic mass is 35.5. The summed E-state index contributed by atoms with van der Waals surface area (Å²) < 4.78 is 17.9. The van der Waals surface area contributed by atoms with Crippen LogP contribution in [0.3, 0.4) is 0 Å². The van der Waals surface area contributed by atoms with Gasteiger partial charge in [-0.15, -0.1) is 0 Å². The summed E-state index contributed by atoms with van der Waals surface area (Å²) in [7, 11) is -3.18. The first-order chi connectivity index (χ1) is 17.7.